The normalized spacial score (nSPS) is 14.7. The van der Waals surface area contributed by atoms with Crippen LogP contribution >= 0.6 is 22.9 Å². The molecular formula is C31H25ClN2O6S. The van der Waals surface area contributed by atoms with Gasteiger partial charge in [0.15, 0.2) is 16.3 Å². The summed E-state index contributed by atoms with van der Waals surface area (Å²) in [4.78, 5) is 44.5. The molecule has 0 amide bonds. The topological polar surface area (TPSA) is 96.2 Å². The predicted molar refractivity (Wildman–Crippen MR) is 156 cm³/mol. The third kappa shape index (κ3) is 5.59. The molecular weight excluding hydrogens is 564 g/mol. The number of carbonyl (C=O) groups excluding carboxylic acids is 2. The maximum absolute atomic E-state index is 13.8. The minimum absolute atomic E-state index is 0.201. The van der Waals surface area contributed by atoms with Crippen molar-refractivity contribution < 1.29 is 23.8 Å². The van der Waals surface area contributed by atoms with Crippen LogP contribution in [0.15, 0.2) is 93.9 Å². The van der Waals surface area contributed by atoms with Crippen LogP contribution in [0.4, 0.5) is 0 Å². The Morgan fingerprint density at radius 1 is 1.02 bits per heavy atom. The maximum Gasteiger partial charge on any atom is 0.345 e. The third-order valence-electron chi connectivity index (χ3n) is 6.41. The number of hydrogen-bond donors (Lipinski definition) is 0. The summed E-state index contributed by atoms with van der Waals surface area (Å²) in [6.07, 6.45) is 1.71. The molecule has 1 atom stereocenters. The number of thiazole rings is 1. The van der Waals surface area contributed by atoms with Gasteiger partial charge in [0.05, 0.1) is 46.1 Å². The quantitative estimate of drug-likeness (QED) is 0.230. The van der Waals surface area contributed by atoms with Gasteiger partial charge in [-0.3, -0.25) is 9.36 Å². The summed E-state index contributed by atoms with van der Waals surface area (Å²) in [6.45, 7) is 3.68. The first-order valence-corrected chi connectivity index (χ1v) is 13.9. The van der Waals surface area contributed by atoms with Gasteiger partial charge in [0.1, 0.15) is 0 Å². The van der Waals surface area contributed by atoms with Crippen molar-refractivity contribution in [3.05, 3.63) is 125 Å². The Morgan fingerprint density at radius 3 is 2.46 bits per heavy atom. The molecule has 1 aliphatic heterocycles. The van der Waals surface area contributed by atoms with Crippen LogP contribution in [0, 0.1) is 0 Å². The van der Waals surface area contributed by atoms with Crippen LogP contribution in [0.5, 0.6) is 11.5 Å². The molecule has 208 valence electrons. The fraction of sp³-hybridized carbons (Fsp3) is 0.161. The molecule has 4 aromatic rings. The lowest BCUT2D eigenvalue weighted by Crippen LogP contribution is -2.39. The first-order valence-electron chi connectivity index (χ1n) is 12.7. The number of ether oxygens (including phenoxy) is 3. The maximum atomic E-state index is 13.8. The first-order chi connectivity index (χ1) is 19.8. The molecule has 3 aromatic carbocycles. The van der Waals surface area contributed by atoms with E-state index >= 15 is 0 Å². The van der Waals surface area contributed by atoms with Crippen molar-refractivity contribution in [2.45, 2.75) is 19.9 Å². The summed E-state index contributed by atoms with van der Waals surface area (Å²) in [5.74, 6) is -0.628. The summed E-state index contributed by atoms with van der Waals surface area (Å²) >= 11 is 7.34. The van der Waals surface area contributed by atoms with Crippen LogP contribution < -0.4 is 24.4 Å². The summed E-state index contributed by atoms with van der Waals surface area (Å²) in [5, 5.41) is 0.276. The number of fused-ring (bicyclic) bond motifs is 1. The molecule has 41 heavy (non-hydrogen) atoms. The van der Waals surface area contributed by atoms with Crippen molar-refractivity contribution >= 4 is 41.0 Å². The van der Waals surface area contributed by atoms with E-state index in [0.29, 0.717) is 31.9 Å². The minimum Gasteiger partial charge on any atom is -0.493 e. The summed E-state index contributed by atoms with van der Waals surface area (Å²) < 4.78 is 18.3. The first kappa shape index (κ1) is 28.1. The number of aromatic nitrogens is 1. The standard InChI is InChI=1S/C31H25ClN2O6S/c1-4-39-30(37)26-18(2)33-31-34(27(26)20-10-6-5-7-11-20)28(35)25(41-31)17-19-14-15-23(24(16-19)38-3)40-29(36)21-12-8-9-13-22(21)32/h5-17,27H,4H2,1-3H3/b25-17+. The minimum atomic E-state index is -0.685. The van der Waals surface area contributed by atoms with Gasteiger partial charge in [-0.2, -0.15) is 0 Å². The van der Waals surface area contributed by atoms with E-state index in [1.807, 2.05) is 30.3 Å². The lowest BCUT2D eigenvalue weighted by Gasteiger charge is -2.24. The average Bonchev–Trinajstić information content (AvgIpc) is 3.27. The zero-order chi connectivity index (χ0) is 29.1. The fourth-order valence-corrected chi connectivity index (χ4v) is 5.79. The second-order valence-corrected chi connectivity index (χ2v) is 10.4. The summed E-state index contributed by atoms with van der Waals surface area (Å²) in [7, 11) is 1.46. The smallest absolute Gasteiger partial charge is 0.345 e. The van der Waals surface area contributed by atoms with Gasteiger partial charge in [0.2, 0.25) is 0 Å². The van der Waals surface area contributed by atoms with E-state index in [1.165, 1.54) is 23.0 Å². The highest BCUT2D eigenvalue weighted by Crippen LogP contribution is 2.31. The monoisotopic (exact) mass is 588 g/mol. The van der Waals surface area contributed by atoms with Crippen molar-refractivity contribution in [3.63, 3.8) is 0 Å². The third-order valence-corrected chi connectivity index (χ3v) is 7.73. The Balaban J connectivity index is 1.55. The number of halogens is 1. The van der Waals surface area contributed by atoms with E-state index < -0.39 is 18.0 Å². The lowest BCUT2D eigenvalue weighted by atomic mass is 9.96. The largest absolute Gasteiger partial charge is 0.493 e. The molecule has 8 nitrogen and oxygen atoms in total. The highest BCUT2D eigenvalue weighted by atomic mass is 35.5. The zero-order valence-electron chi connectivity index (χ0n) is 22.4. The van der Waals surface area contributed by atoms with Gasteiger partial charge in [0.25, 0.3) is 5.56 Å². The lowest BCUT2D eigenvalue weighted by molar-refractivity contribution is -0.139. The van der Waals surface area contributed by atoms with Gasteiger partial charge in [-0.25, -0.2) is 14.6 Å². The zero-order valence-corrected chi connectivity index (χ0v) is 24.0. The Morgan fingerprint density at radius 2 is 1.76 bits per heavy atom. The number of rotatable bonds is 7. The highest BCUT2D eigenvalue weighted by molar-refractivity contribution is 7.07. The van der Waals surface area contributed by atoms with Crippen molar-refractivity contribution in [2.24, 2.45) is 4.99 Å². The molecule has 0 N–H and O–H groups in total. The Labute approximate surface area is 244 Å². The molecule has 0 fully saturated rings. The number of nitrogens with zero attached hydrogens (tertiary/aromatic N) is 2. The summed E-state index contributed by atoms with van der Waals surface area (Å²) in [6, 6.07) is 20.2. The van der Waals surface area contributed by atoms with Crippen LogP contribution in [-0.2, 0) is 9.53 Å². The van der Waals surface area contributed by atoms with Crippen LogP contribution in [0.25, 0.3) is 6.08 Å². The number of hydrogen-bond acceptors (Lipinski definition) is 8. The highest BCUT2D eigenvalue weighted by Gasteiger charge is 2.33. The van der Waals surface area contributed by atoms with Crippen molar-refractivity contribution in [1.82, 2.24) is 4.57 Å². The van der Waals surface area contributed by atoms with E-state index in [-0.39, 0.29) is 28.5 Å². The fourth-order valence-electron chi connectivity index (χ4n) is 4.53. The Hall–Kier alpha value is -4.47. The van der Waals surface area contributed by atoms with Crippen LogP contribution in [0.2, 0.25) is 5.02 Å². The van der Waals surface area contributed by atoms with Gasteiger partial charge >= 0.3 is 11.9 Å². The van der Waals surface area contributed by atoms with E-state index in [2.05, 4.69) is 4.99 Å². The van der Waals surface area contributed by atoms with Gasteiger partial charge in [-0.05, 0) is 55.3 Å². The van der Waals surface area contributed by atoms with Crippen molar-refractivity contribution in [3.8, 4) is 11.5 Å². The van der Waals surface area contributed by atoms with E-state index in [1.54, 1.807) is 62.4 Å². The molecule has 1 aromatic heterocycles. The number of carbonyl (C=O) groups is 2. The van der Waals surface area contributed by atoms with Gasteiger partial charge in [-0.15, -0.1) is 0 Å². The summed E-state index contributed by atoms with van der Waals surface area (Å²) in [5.41, 5.74) is 2.16. The van der Waals surface area contributed by atoms with Gasteiger partial charge < -0.3 is 14.2 Å². The molecule has 0 saturated carbocycles. The predicted octanol–water partition coefficient (Wildman–Crippen LogP) is 4.68. The molecule has 0 saturated heterocycles. The molecule has 0 bridgehead atoms. The van der Waals surface area contributed by atoms with E-state index in [4.69, 9.17) is 25.8 Å². The number of allylic oxidation sites excluding steroid dienone is 1. The Kier molecular flexibility index (Phi) is 8.19. The number of methoxy groups -OCH3 is 1. The molecule has 0 aliphatic carbocycles. The van der Waals surface area contributed by atoms with Crippen LogP contribution in [0.1, 0.15) is 41.4 Å². The molecule has 1 aliphatic rings. The van der Waals surface area contributed by atoms with Gasteiger partial charge in [0, 0.05) is 0 Å². The second-order valence-electron chi connectivity index (χ2n) is 8.99. The second kappa shape index (κ2) is 12.0. The average molecular weight is 589 g/mol. The molecule has 5 rings (SSSR count). The molecule has 1 unspecified atom stereocenters. The van der Waals surface area contributed by atoms with Gasteiger partial charge in [-0.1, -0.05) is 71.5 Å². The van der Waals surface area contributed by atoms with E-state index in [0.717, 1.165) is 5.56 Å². The van der Waals surface area contributed by atoms with E-state index in [9.17, 15) is 14.4 Å². The molecule has 10 heteroatoms. The van der Waals surface area contributed by atoms with Crippen LogP contribution in [0.3, 0.4) is 0 Å². The van der Waals surface area contributed by atoms with Crippen molar-refractivity contribution in [1.29, 1.82) is 0 Å². The van der Waals surface area contributed by atoms with Crippen LogP contribution in [-0.4, -0.2) is 30.2 Å². The molecule has 0 spiro atoms. The number of esters is 2. The number of benzene rings is 3. The Bertz CT molecular complexity index is 1860. The SMILES string of the molecule is CCOC(=O)C1=C(C)N=c2s/c(=C/c3ccc(OC(=O)c4ccccc4Cl)c(OC)c3)c(=O)n2C1c1ccccc1. The molecule has 0 radical (unpaired) electrons. The molecule has 2 heterocycles. The van der Waals surface area contributed by atoms with Crippen molar-refractivity contribution in [2.75, 3.05) is 13.7 Å².